The highest BCUT2D eigenvalue weighted by atomic mass is 16.1. The third kappa shape index (κ3) is 2.50. The van der Waals surface area contributed by atoms with E-state index in [1.165, 1.54) is 25.7 Å². The number of aryl methyl sites for hydroxylation is 1. The molecule has 0 radical (unpaired) electrons. The summed E-state index contributed by atoms with van der Waals surface area (Å²) in [5, 5.41) is 9.35. The molecule has 4 unspecified atom stereocenters. The van der Waals surface area contributed by atoms with E-state index in [4.69, 9.17) is 0 Å². The molecule has 0 spiro atoms. The second kappa shape index (κ2) is 5.40. The van der Waals surface area contributed by atoms with E-state index in [-0.39, 0.29) is 5.78 Å². The zero-order valence-corrected chi connectivity index (χ0v) is 12.0. The molecule has 2 nitrogen and oxygen atoms in total. The van der Waals surface area contributed by atoms with Gasteiger partial charge in [0.25, 0.3) is 0 Å². The number of carbonyl (C=O) groups is 1. The van der Waals surface area contributed by atoms with Crippen molar-refractivity contribution >= 4 is 5.78 Å². The molecule has 2 fully saturated rings. The Hall–Kier alpha value is -1.62. The van der Waals surface area contributed by atoms with E-state index in [0.29, 0.717) is 12.3 Å². The fourth-order valence-electron chi connectivity index (χ4n) is 4.09. The number of nitriles is 1. The molecule has 0 saturated heterocycles. The highest BCUT2D eigenvalue weighted by Gasteiger charge is 2.40. The van der Waals surface area contributed by atoms with Gasteiger partial charge in [-0.25, -0.2) is 0 Å². The third-order valence-electron chi connectivity index (χ3n) is 5.21. The first-order valence-corrected chi connectivity index (χ1v) is 7.66. The largest absolute Gasteiger partial charge is 0.298 e. The number of hydrogen-bond donors (Lipinski definition) is 0. The first-order valence-electron chi connectivity index (χ1n) is 7.66. The molecule has 1 aromatic carbocycles. The zero-order chi connectivity index (χ0) is 14.1. The minimum Gasteiger partial charge on any atom is -0.298 e. The molecule has 0 aromatic heterocycles. The van der Waals surface area contributed by atoms with Gasteiger partial charge in [-0.3, -0.25) is 4.79 Å². The van der Waals surface area contributed by atoms with Crippen LogP contribution in [0.5, 0.6) is 0 Å². The van der Waals surface area contributed by atoms with Crippen molar-refractivity contribution in [2.24, 2.45) is 17.8 Å². The van der Waals surface area contributed by atoms with Gasteiger partial charge >= 0.3 is 0 Å². The summed E-state index contributed by atoms with van der Waals surface area (Å²) in [6, 6.07) is 10.00. The summed E-state index contributed by atoms with van der Waals surface area (Å²) in [6.45, 7) is 2.02. The quantitative estimate of drug-likeness (QED) is 0.827. The van der Waals surface area contributed by atoms with Crippen molar-refractivity contribution in [3.05, 3.63) is 35.4 Å². The van der Waals surface area contributed by atoms with Gasteiger partial charge in [0.15, 0.2) is 5.78 Å². The molecule has 2 aliphatic rings. The molecule has 2 bridgehead atoms. The van der Waals surface area contributed by atoms with Crippen LogP contribution in [0.15, 0.2) is 24.3 Å². The minimum atomic E-state index is -0.574. The van der Waals surface area contributed by atoms with Gasteiger partial charge in [-0.15, -0.1) is 0 Å². The Labute approximate surface area is 120 Å². The normalized spacial score (nSPS) is 29.1. The van der Waals surface area contributed by atoms with Crippen LogP contribution in [-0.4, -0.2) is 5.78 Å². The maximum Gasteiger partial charge on any atom is 0.154 e. The molecular weight excluding hydrogens is 246 g/mol. The van der Waals surface area contributed by atoms with E-state index in [1.54, 1.807) is 0 Å². The standard InChI is InChI=1S/C18H21NO/c1-12-2-5-14(6-3-12)17(11-19)18(20)10-16-9-13-4-7-15(16)8-13/h2-3,5-6,13,15-17H,4,7-10H2,1H3. The lowest BCUT2D eigenvalue weighted by atomic mass is 9.82. The van der Waals surface area contributed by atoms with E-state index in [0.717, 1.165) is 23.0 Å². The van der Waals surface area contributed by atoms with Crippen LogP contribution < -0.4 is 0 Å². The molecule has 0 amide bonds. The Bertz CT molecular complexity index is 540. The minimum absolute atomic E-state index is 0.119. The van der Waals surface area contributed by atoms with Crippen LogP contribution in [-0.2, 0) is 4.79 Å². The fourth-order valence-corrected chi connectivity index (χ4v) is 4.09. The smallest absolute Gasteiger partial charge is 0.154 e. The van der Waals surface area contributed by atoms with Crippen molar-refractivity contribution < 1.29 is 4.79 Å². The Morgan fingerprint density at radius 3 is 2.60 bits per heavy atom. The summed E-state index contributed by atoms with van der Waals surface area (Å²) in [4.78, 5) is 12.5. The zero-order valence-electron chi connectivity index (χ0n) is 12.0. The lowest BCUT2D eigenvalue weighted by Crippen LogP contribution is -2.19. The first kappa shape index (κ1) is 13.4. The molecule has 104 valence electrons. The third-order valence-corrected chi connectivity index (χ3v) is 5.21. The second-order valence-corrected chi connectivity index (χ2v) is 6.58. The van der Waals surface area contributed by atoms with Crippen molar-refractivity contribution in [2.75, 3.05) is 0 Å². The number of carbonyl (C=O) groups excluding carboxylic acids is 1. The van der Waals surface area contributed by atoms with Crippen LogP contribution >= 0.6 is 0 Å². The average molecular weight is 267 g/mol. The molecule has 2 aliphatic carbocycles. The van der Waals surface area contributed by atoms with Gasteiger partial charge < -0.3 is 0 Å². The summed E-state index contributed by atoms with van der Waals surface area (Å²) in [5.41, 5.74) is 2.01. The van der Waals surface area contributed by atoms with E-state index >= 15 is 0 Å². The topological polar surface area (TPSA) is 40.9 Å². The van der Waals surface area contributed by atoms with Crippen molar-refractivity contribution in [1.82, 2.24) is 0 Å². The Kier molecular flexibility index (Phi) is 3.61. The number of fused-ring (bicyclic) bond motifs is 2. The van der Waals surface area contributed by atoms with Crippen molar-refractivity contribution in [1.29, 1.82) is 5.26 Å². The van der Waals surface area contributed by atoms with Crippen molar-refractivity contribution in [2.45, 2.75) is 44.9 Å². The summed E-state index contributed by atoms with van der Waals surface area (Å²) in [5.74, 6) is 1.70. The molecule has 20 heavy (non-hydrogen) atoms. The first-order chi connectivity index (χ1) is 9.67. The van der Waals surface area contributed by atoms with Crippen LogP contribution in [0.3, 0.4) is 0 Å². The summed E-state index contributed by atoms with van der Waals surface area (Å²) < 4.78 is 0. The molecule has 0 heterocycles. The average Bonchev–Trinajstić information content (AvgIpc) is 3.04. The Morgan fingerprint density at radius 1 is 1.30 bits per heavy atom. The SMILES string of the molecule is Cc1ccc(C(C#N)C(=O)CC2CC3CCC2C3)cc1. The molecule has 2 heteroatoms. The number of nitrogens with zero attached hydrogens (tertiary/aromatic N) is 1. The van der Waals surface area contributed by atoms with E-state index in [1.807, 2.05) is 31.2 Å². The van der Waals surface area contributed by atoms with Gasteiger partial charge in [-0.2, -0.15) is 5.26 Å². The molecule has 0 N–H and O–H groups in total. The lowest BCUT2D eigenvalue weighted by molar-refractivity contribution is -0.120. The van der Waals surface area contributed by atoms with E-state index < -0.39 is 5.92 Å². The number of ketones is 1. The maximum absolute atomic E-state index is 12.5. The summed E-state index contributed by atoms with van der Waals surface area (Å²) in [6.07, 6.45) is 5.79. The number of rotatable bonds is 4. The van der Waals surface area contributed by atoms with E-state index in [9.17, 15) is 10.1 Å². The van der Waals surface area contributed by atoms with E-state index in [2.05, 4.69) is 6.07 Å². The molecule has 2 saturated carbocycles. The van der Waals surface area contributed by atoms with Gasteiger partial charge in [0, 0.05) is 6.42 Å². The molecule has 3 rings (SSSR count). The van der Waals surface area contributed by atoms with Gasteiger partial charge in [0.1, 0.15) is 5.92 Å². The second-order valence-electron chi connectivity index (χ2n) is 6.58. The highest BCUT2D eigenvalue weighted by molar-refractivity contribution is 5.88. The Morgan fingerprint density at radius 2 is 2.05 bits per heavy atom. The summed E-state index contributed by atoms with van der Waals surface area (Å²) >= 11 is 0. The molecular formula is C18H21NO. The highest BCUT2D eigenvalue weighted by Crippen LogP contribution is 2.50. The lowest BCUT2D eigenvalue weighted by Gasteiger charge is -2.21. The maximum atomic E-state index is 12.5. The number of hydrogen-bond acceptors (Lipinski definition) is 2. The fraction of sp³-hybridized carbons (Fsp3) is 0.556. The van der Waals surface area contributed by atoms with Crippen LogP contribution in [0, 0.1) is 36.0 Å². The molecule has 1 aromatic rings. The van der Waals surface area contributed by atoms with Crippen LogP contribution in [0.1, 0.15) is 49.1 Å². The van der Waals surface area contributed by atoms with Gasteiger partial charge in [0.2, 0.25) is 0 Å². The van der Waals surface area contributed by atoms with Crippen molar-refractivity contribution in [3.8, 4) is 6.07 Å². The van der Waals surface area contributed by atoms with Crippen LogP contribution in [0.25, 0.3) is 0 Å². The van der Waals surface area contributed by atoms with Gasteiger partial charge in [-0.1, -0.05) is 36.2 Å². The number of Topliss-reactive ketones (excluding diaryl/α,β-unsaturated/α-hetero) is 1. The van der Waals surface area contributed by atoms with Gasteiger partial charge in [0.05, 0.1) is 6.07 Å². The predicted octanol–water partition coefficient (Wildman–Crippen LogP) is 4.00. The predicted molar refractivity (Wildman–Crippen MR) is 78.1 cm³/mol. The monoisotopic (exact) mass is 267 g/mol. The Balaban J connectivity index is 1.68. The molecule has 0 aliphatic heterocycles. The number of benzene rings is 1. The molecule has 4 atom stereocenters. The summed E-state index contributed by atoms with van der Waals surface area (Å²) in [7, 11) is 0. The van der Waals surface area contributed by atoms with Crippen LogP contribution in [0.2, 0.25) is 0 Å². The van der Waals surface area contributed by atoms with Crippen molar-refractivity contribution in [3.63, 3.8) is 0 Å². The van der Waals surface area contributed by atoms with Gasteiger partial charge in [-0.05, 0) is 49.5 Å². The van der Waals surface area contributed by atoms with Crippen LogP contribution in [0.4, 0.5) is 0 Å².